The molecule has 1 aromatic heterocycles. The first-order chi connectivity index (χ1) is 11.5. The molecular formula is C19H15BrO3S. The van der Waals surface area contributed by atoms with Crippen LogP contribution < -0.4 is 0 Å². The third-order valence-electron chi connectivity index (χ3n) is 3.66. The molecule has 122 valence electrons. The van der Waals surface area contributed by atoms with Crippen LogP contribution in [0.5, 0.6) is 0 Å². The van der Waals surface area contributed by atoms with Crippen molar-refractivity contribution in [3.63, 3.8) is 0 Å². The van der Waals surface area contributed by atoms with E-state index in [-0.39, 0.29) is 6.42 Å². The Morgan fingerprint density at radius 2 is 1.75 bits per heavy atom. The molecule has 2 N–H and O–H groups in total. The van der Waals surface area contributed by atoms with Crippen LogP contribution in [0.2, 0.25) is 0 Å². The van der Waals surface area contributed by atoms with Crippen molar-refractivity contribution in [2.45, 2.75) is 12.5 Å². The molecule has 1 unspecified atom stereocenters. The highest BCUT2D eigenvalue weighted by Gasteiger charge is 2.19. The van der Waals surface area contributed by atoms with E-state index in [2.05, 4.69) is 15.9 Å². The molecule has 0 fully saturated rings. The molecule has 3 rings (SSSR count). The summed E-state index contributed by atoms with van der Waals surface area (Å²) < 4.78 is 0.946. The van der Waals surface area contributed by atoms with E-state index in [9.17, 15) is 15.0 Å². The summed E-state index contributed by atoms with van der Waals surface area (Å²) in [4.78, 5) is 12.8. The Hall–Kier alpha value is -1.95. The van der Waals surface area contributed by atoms with Gasteiger partial charge in [-0.2, -0.15) is 0 Å². The van der Waals surface area contributed by atoms with Crippen molar-refractivity contribution >= 4 is 33.2 Å². The van der Waals surface area contributed by atoms with E-state index in [1.54, 1.807) is 6.07 Å². The van der Waals surface area contributed by atoms with Crippen LogP contribution in [0.25, 0.3) is 10.4 Å². The molecule has 0 saturated heterocycles. The minimum absolute atomic E-state index is 0.0617. The summed E-state index contributed by atoms with van der Waals surface area (Å²) >= 11 is 4.82. The van der Waals surface area contributed by atoms with Gasteiger partial charge in [-0.05, 0) is 34.9 Å². The van der Waals surface area contributed by atoms with Crippen LogP contribution >= 0.6 is 27.3 Å². The standard InChI is InChI=1S/C19H15BrO3S/c20-15-8-6-12(7-9-15)18(23)16-10-14(11-17(21)22)19(24-16)13-4-2-1-3-5-13/h1-10,18,23H,11H2,(H,21,22). The van der Waals surface area contributed by atoms with Crippen LogP contribution in [-0.4, -0.2) is 16.2 Å². The number of halogens is 1. The predicted molar refractivity (Wildman–Crippen MR) is 99.3 cm³/mol. The summed E-state index contributed by atoms with van der Waals surface area (Å²) in [5, 5.41) is 19.8. The number of carboxylic acids is 1. The van der Waals surface area contributed by atoms with Gasteiger partial charge in [0.05, 0.1) is 6.42 Å². The number of hydrogen-bond donors (Lipinski definition) is 2. The van der Waals surface area contributed by atoms with Crippen LogP contribution in [0.15, 0.2) is 65.1 Å². The number of rotatable bonds is 5. The van der Waals surface area contributed by atoms with Crippen molar-refractivity contribution in [1.82, 2.24) is 0 Å². The first kappa shape index (κ1) is 16.9. The summed E-state index contributed by atoms with van der Waals surface area (Å²) in [6.07, 6.45) is -0.832. The fourth-order valence-electron chi connectivity index (χ4n) is 2.52. The third-order valence-corrected chi connectivity index (χ3v) is 5.47. The van der Waals surface area contributed by atoms with Crippen molar-refractivity contribution < 1.29 is 15.0 Å². The molecular weight excluding hydrogens is 388 g/mol. The van der Waals surface area contributed by atoms with Crippen LogP contribution in [0.4, 0.5) is 0 Å². The maximum Gasteiger partial charge on any atom is 0.307 e. The summed E-state index contributed by atoms with van der Waals surface area (Å²) in [5.74, 6) is -0.880. The fourth-order valence-corrected chi connectivity index (χ4v) is 3.99. The number of aliphatic carboxylic acids is 1. The molecule has 3 aromatic rings. The lowest BCUT2D eigenvalue weighted by atomic mass is 10.0. The van der Waals surface area contributed by atoms with Gasteiger partial charge in [0.2, 0.25) is 0 Å². The van der Waals surface area contributed by atoms with Crippen LogP contribution in [-0.2, 0) is 11.2 Å². The highest BCUT2D eigenvalue weighted by atomic mass is 79.9. The number of carbonyl (C=O) groups is 1. The average Bonchev–Trinajstić information content (AvgIpc) is 2.99. The molecule has 2 aromatic carbocycles. The molecule has 1 atom stereocenters. The molecule has 3 nitrogen and oxygen atoms in total. The van der Waals surface area contributed by atoms with Crippen molar-refractivity contribution in [1.29, 1.82) is 0 Å². The van der Waals surface area contributed by atoms with E-state index in [1.165, 1.54) is 11.3 Å². The van der Waals surface area contributed by atoms with E-state index in [4.69, 9.17) is 0 Å². The van der Waals surface area contributed by atoms with Crippen molar-refractivity contribution in [2.75, 3.05) is 0 Å². The predicted octanol–water partition coefficient (Wildman–Crippen LogP) is 4.89. The lowest BCUT2D eigenvalue weighted by molar-refractivity contribution is -0.136. The zero-order valence-corrected chi connectivity index (χ0v) is 15.0. The fraction of sp³-hybridized carbons (Fsp3) is 0.105. The lowest BCUT2D eigenvalue weighted by Crippen LogP contribution is -2.00. The summed E-state index contributed by atoms with van der Waals surface area (Å²) in [7, 11) is 0. The molecule has 24 heavy (non-hydrogen) atoms. The Bertz CT molecular complexity index is 841. The number of benzene rings is 2. The van der Waals surface area contributed by atoms with Gasteiger partial charge in [-0.15, -0.1) is 11.3 Å². The summed E-state index contributed by atoms with van der Waals surface area (Å²) in [5.41, 5.74) is 2.47. The minimum atomic E-state index is -0.880. The Labute approximate surface area is 152 Å². The highest BCUT2D eigenvalue weighted by molar-refractivity contribution is 9.10. The second-order valence-corrected chi connectivity index (χ2v) is 7.39. The van der Waals surface area contributed by atoms with Crippen LogP contribution in [0, 0.1) is 0 Å². The zero-order chi connectivity index (χ0) is 17.1. The summed E-state index contributed by atoms with van der Waals surface area (Å²) in [6, 6.07) is 18.9. The number of thiophene rings is 1. The molecule has 0 amide bonds. The van der Waals surface area contributed by atoms with E-state index < -0.39 is 12.1 Å². The van der Waals surface area contributed by atoms with Gasteiger partial charge in [0.15, 0.2) is 0 Å². The highest BCUT2D eigenvalue weighted by Crippen LogP contribution is 2.38. The van der Waals surface area contributed by atoms with E-state index >= 15 is 0 Å². The van der Waals surface area contributed by atoms with E-state index in [0.717, 1.165) is 30.9 Å². The largest absolute Gasteiger partial charge is 0.481 e. The normalized spacial score (nSPS) is 12.1. The molecule has 0 spiro atoms. The Morgan fingerprint density at radius 3 is 2.38 bits per heavy atom. The molecule has 0 aliphatic heterocycles. The Balaban J connectivity index is 2.01. The van der Waals surface area contributed by atoms with Crippen molar-refractivity contribution in [3.8, 4) is 10.4 Å². The molecule has 0 radical (unpaired) electrons. The van der Waals surface area contributed by atoms with Gasteiger partial charge in [-0.3, -0.25) is 4.79 Å². The second-order valence-electron chi connectivity index (χ2n) is 5.39. The Kier molecular flexibility index (Phi) is 5.14. The first-order valence-electron chi connectivity index (χ1n) is 7.38. The molecule has 5 heteroatoms. The molecule has 0 bridgehead atoms. The third kappa shape index (κ3) is 3.75. The van der Waals surface area contributed by atoms with Gasteiger partial charge in [-0.25, -0.2) is 0 Å². The SMILES string of the molecule is O=C(O)Cc1cc(C(O)c2ccc(Br)cc2)sc1-c1ccccc1. The number of aliphatic hydroxyl groups excluding tert-OH is 1. The monoisotopic (exact) mass is 402 g/mol. The maximum absolute atomic E-state index is 11.2. The molecule has 1 heterocycles. The number of hydrogen-bond acceptors (Lipinski definition) is 3. The van der Waals surface area contributed by atoms with Gasteiger partial charge < -0.3 is 10.2 Å². The first-order valence-corrected chi connectivity index (χ1v) is 8.99. The maximum atomic E-state index is 11.2. The van der Waals surface area contributed by atoms with Crippen LogP contribution in [0.3, 0.4) is 0 Å². The van der Waals surface area contributed by atoms with Gasteiger partial charge in [0.25, 0.3) is 0 Å². The van der Waals surface area contributed by atoms with E-state index in [0.29, 0.717) is 0 Å². The van der Waals surface area contributed by atoms with Gasteiger partial charge in [-0.1, -0.05) is 58.4 Å². The summed E-state index contributed by atoms with van der Waals surface area (Å²) in [6.45, 7) is 0. The zero-order valence-electron chi connectivity index (χ0n) is 12.6. The second kappa shape index (κ2) is 7.30. The topological polar surface area (TPSA) is 57.5 Å². The average molecular weight is 403 g/mol. The molecule has 0 aliphatic carbocycles. The van der Waals surface area contributed by atoms with Crippen molar-refractivity contribution in [2.24, 2.45) is 0 Å². The van der Waals surface area contributed by atoms with Gasteiger partial charge in [0, 0.05) is 14.2 Å². The smallest absolute Gasteiger partial charge is 0.307 e. The van der Waals surface area contributed by atoms with Crippen LogP contribution in [0.1, 0.15) is 22.1 Å². The molecule has 0 aliphatic rings. The quantitative estimate of drug-likeness (QED) is 0.638. The van der Waals surface area contributed by atoms with E-state index in [1.807, 2.05) is 54.6 Å². The van der Waals surface area contributed by atoms with Gasteiger partial charge in [0.1, 0.15) is 6.10 Å². The minimum Gasteiger partial charge on any atom is -0.481 e. The van der Waals surface area contributed by atoms with Gasteiger partial charge >= 0.3 is 5.97 Å². The lowest BCUT2D eigenvalue weighted by Gasteiger charge is -2.08. The Morgan fingerprint density at radius 1 is 1.08 bits per heavy atom. The molecule has 0 saturated carbocycles. The number of carboxylic acid groups (broad SMARTS) is 1. The number of aliphatic hydroxyl groups is 1. The van der Waals surface area contributed by atoms with Crippen molar-refractivity contribution in [3.05, 3.63) is 81.1 Å².